The first-order chi connectivity index (χ1) is 9.13. The maximum absolute atomic E-state index is 13.1. The second-order valence-electron chi connectivity index (χ2n) is 5.34. The second-order valence-corrected chi connectivity index (χ2v) is 6.67. The van der Waals surface area contributed by atoms with Crippen LogP contribution in [0.1, 0.15) is 37.7 Å². The Hall–Kier alpha value is -0.610. The normalized spacial score (nSPS) is 18.5. The van der Waals surface area contributed by atoms with Crippen LogP contribution in [0.3, 0.4) is 0 Å². The van der Waals surface area contributed by atoms with Crippen molar-refractivity contribution in [2.45, 2.75) is 49.8 Å². The Kier molecular flexibility index (Phi) is 5.64. The van der Waals surface area contributed by atoms with Crippen molar-refractivity contribution in [3.8, 4) is 0 Å². The number of nitrogens with two attached hydrogens (primary N) is 1. The van der Waals surface area contributed by atoms with Gasteiger partial charge in [-0.3, -0.25) is 0 Å². The molecular formula is C15H21F2NS. The molecule has 0 amide bonds. The number of halogens is 2. The average molecular weight is 285 g/mol. The van der Waals surface area contributed by atoms with Crippen LogP contribution in [-0.2, 0) is 6.42 Å². The molecule has 0 aromatic heterocycles. The fraction of sp³-hybridized carbons (Fsp3) is 0.600. The zero-order valence-corrected chi connectivity index (χ0v) is 11.9. The highest BCUT2D eigenvalue weighted by atomic mass is 32.2. The van der Waals surface area contributed by atoms with E-state index in [4.69, 9.17) is 5.73 Å². The summed E-state index contributed by atoms with van der Waals surface area (Å²) in [4.78, 5) is 0. The predicted octanol–water partition coefficient (Wildman–Crippen LogP) is 3.90. The van der Waals surface area contributed by atoms with E-state index in [1.165, 1.54) is 44.2 Å². The molecule has 1 saturated carbocycles. The zero-order chi connectivity index (χ0) is 13.7. The van der Waals surface area contributed by atoms with Gasteiger partial charge in [-0.1, -0.05) is 19.3 Å². The summed E-state index contributed by atoms with van der Waals surface area (Å²) in [7, 11) is 0. The average Bonchev–Trinajstić information content (AvgIpc) is 2.36. The second kappa shape index (κ2) is 7.25. The molecule has 106 valence electrons. The van der Waals surface area contributed by atoms with Gasteiger partial charge < -0.3 is 5.73 Å². The van der Waals surface area contributed by atoms with Gasteiger partial charge in [0.1, 0.15) is 11.6 Å². The molecule has 0 bridgehead atoms. The summed E-state index contributed by atoms with van der Waals surface area (Å²) in [5, 5.41) is 0.726. The Morgan fingerprint density at radius 2 is 1.74 bits per heavy atom. The van der Waals surface area contributed by atoms with E-state index in [1.54, 1.807) is 0 Å². The lowest BCUT2D eigenvalue weighted by atomic mass is 10.0. The standard InChI is InChI=1S/C15H21F2NS/c16-12-6-11(7-13(17)9-12)8-14(18)10-19-15-4-2-1-3-5-15/h6-7,9,14-15H,1-5,8,10,18H2. The molecule has 2 rings (SSSR count). The summed E-state index contributed by atoms with van der Waals surface area (Å²) < 4.78 is 26.1. The maximum Gasteiger partial charge on any atom is 0.126 e. The monoisotopic (exact) mass is 285 g/mol. The van der Waals surface area contributed by atoms with E-state index < -0.39 is 11.6 Å². The summed E-state index contributed by atoms with van der Waals surface area (Å²) in [5.41, 5.74) is 6.70. The van der Waals surface area contributed by atoms with E-state index in [1.807, 2.05) is 11.8 Å². The molecule has 1 atom stereocenters. The molecule has 0 heterocycles. The lowest BCUT2D eigenvalue weighted by Crippen LogP contribution is -2.27. The highest BCUT2D eigenvalue weighted by Crippen LogP contribution is 2.28. The van der Waals surface area contributed by atoms with E-state index in [2.05, 4.69) is 0 Å². The van der Waals surface area contributed by atoms with Crippen molar-refractivity contribution >= 4 is 11.8 Å². The van der Waals surface area contributed by atoms with Gasteiger partial charge in [0.15, 0.2) is 0 Å². The molecule has 2 N–H and O–H groups in total. The van der Waals surface area contributed by atoms with Crippen molar-refractivity contribution in [2.75, 3.05) is 5.75 Å². The third kappa shape index (κ3) is 5.11. The van der Waals surface area contributed by atoms with Gasteiger partial charge in [-0.25, -0.2) is 8.78 Å². The Labute approximate surface area is 118 Å². The molecule has 1 unspecified atom stereocenters. The Balaban J connectivity index is 1.78. The number of benzene rings is 1. The van der Waals surface area contributed by atoms with E-state index in [-0.39, 0.29) is 6.04 Å². The van der Waals surface area contributed by atoms with Crippen LogP contribution in [-0.4, -0.2) is 17.0 Å². The summed E-state index contributed by atoms with van der Waals surface area (Å²) in [5.74, 6) is -0.188. The van der Waals surface area contributed by atoms with Gasteiger partial charge in [-0.15, -0.1) is 0 Å². The molecule has 1 aliphatic rings. The molecule has 1 aromatic rings. The van der Waals surface area contributed by atoms with E-state index in [9.17, 15) is 8.78 Å². The highest BCUT2D eigenvalue weighted by Gasteiger charge is 2.15. The van der Waals surface area contributed by atoms with Gasteiger partial charge in [0.25, 0.3) is 0 Å². The van der Waals surface area contributed by atoms with Gasteiger partial charge in [-0.2, -0.15) is 11.8 Å². The maximum atomic E-state index is 13.1. The van der Waals surface area contributed by atoms with Crippen molar-refractivity contribution < 1.29 is 8.78 Å². The molecule has 0 spiro atoms. The molecular weight excluding hydrogens is 264 g/mol. The van der Waals surface area contributed by atoms with Gasteiger partial charge in [0, 0.05) is 23.1 Å². The number of thioether (sulfide) groups is 1. The fourth-order valence-electron chi connectivity index (χ4n) is 2.58. The minimum absolute atomic E-state index is 0.0341. The minimum Gasteiger partial charge on any atom is -0.327 e. The van der Waals surface area contributed by atoms with Crippen LogP contribution in [0.5, 0.6) is 0 Å². The molecule has 1 aromatic carbocycles. The number of rotatable bonds is 5. The molecule has 4 heteroatoms. The van der Waals surface area contributed by atoms with Crippen LogP contribution < -0.4 is 5.73 Å². The van der Waals surface area contributed by atoms with Crippen LogP contribution in [0.2, 0.25) is 0 Å². The van der Waals surface area contributed by atoms with Gasteiger partial charge in [-0.05, 0) is 37.0 Å². The highest BCUT2D eigenvalue weighted by molar-refractivity contribution is 7.99. The molecule has 19 heavy (non-hydrogen) atoms. The van der Waals surface area contributed by atoms with Crippen molar-refractivity contribution in [2.24, 2.45) is 5.73 Å². The quantitative estimate of drug-likeness (QED) is 0.888. The van der Waals surface area contributed by atoms with Gasteiger partial charge in [0.2, 0.25) is 0 Å². The topological polar surface area (TPSA) is 26.0 Å². The van der Waals surface area contributed by atoms with E-state index in [0.29, 0.717) is 12.0 Å². The van der Waals surface area contributed by atoms with Crippen LogP contribution in [0, 0.1) is 11.6 Å². The Morgan fingerprint density at radius 3 is 2.37 bits per heavy atom. The molecule has 0 aliphatic heterocycles. The summed E-state index contributed by atoms with van der Waals surface area (Å²) in [6, 6.07) is 3.60. The zero-order valence-electron chi connectivity index (χ0n) is 11.1. The Bertz CT molecular complexity index is 385. The van der Waals surface area contributed by atoms with Crippen molar-refractivity contribution in [1.82, 2.24) is 0 Å². The number of hydrogen-bond acceptors (Lipinski definition) is 2. The van der Waals surface area contributed by atoms with Gasteiger partial charge in [0.05, 0.1) is 0 Å². The first-order valence-electron chi connectivity index (χ1n) is 6.95. The summed E-state index contributed by atoms with van der Waals surface area (Å²) >= 11 is 1.92. The first-order valence-corrected chi connectivity index (χ1v) is 8.00. The summed E-state index contributed by atoms with van der Waals surface area (Å²) in [6.45, 7) is 0. The van der Waals surface area contributed by atoms with Gasteiger partial charge >= 0.3 is 0 Å². The van der Waals surface area contributed by atoms with Crippen LogP contribution >= 0.6 is 11.8 Å². The fourth-order valence-corrected chi connectivity index (χ4v) is 3.89. The third-order valence-corrected chi connectivity index (χ3v) is 5.08. The van der Waals surface area contributed by atoms with E-state index >= 15 is 0 Å². The van der Waals surface area contributed by atoms with Crippen LogP contribution in [0.25, 0.3) is 0 Å². The molecule has 1 aliphatic carbocycles. The van der Waals surface area contributed by atoms with E-state index in [0.717, 1.165) is 17.1 Å². The predicted molar refractivity (Wildman–Crippen MR) is 77.4 cm³/mol. The van der Waals surface area contributed by atoms with Crippen molar-refractivity contribution in [3.05, 3.63) is 35.4 Å². The molecule has 1 nitrogen and oxygen atoms in total. The molecule has 1 fully saturated rings. The first kappa shape index (κ1) is 14.8. The third-order valence-electron chi connectivity index (χ3n) is 3.52. The largest absolute Gasteiger partial charge is 0.327 e. The minimum atomic E-state index is -0.526. The molecule has 0 saturated heterocycles. The number of hydrogen-bond donors (Lipinski definition) is 1. The Morgan fingerprint density at radius 1 is 1.11 bits per heavy atom. The lowest BCUT2D eigenvalue weighted by Gasteiger charge is -2.22. The summed E-state index contributed by atoms with van der Waals surface area (Å²) in [6.07, 6.45) is 7.10. The van der Waals surface area contributed by atoms with Crippen LogP contribution in [0.15, 0.2) is 18.2 Å². The smallest absolute Gasteiger partial charge is 0.126 e. The SMILES string of the molecule is NC(CSC1CCCCC1)Cc1cc(F)cc(F)c1. The molecule has 0 radical (unpaired) electrons. The lowest BCUT2D eigenvalue weighted by molar-refractivity contribution is 0.515. The van der Waals surface area contributed by atoms with Crippen molar-refractivity contribution in [3.63, 3.8) is 0 Å². The van der Waals surface area contributed by atoms with Crippen LogP contribution in [0.4, 0.5) is 8.78 Å². The van der Waals surface area contributed by atoms with Crippen molar-refractivity contribution in [1.29, 1.82) is 0 Å².